The second-order valence-corrected chi connectivity index (χ2v) is 7.51. The van der Waals surface area contributed by atoms with Crippen LogP contribution < -0.4 is 4.90 Å². The van der Waals surface area contributed by atoms with Gasteiger partial charge in [0.2, 0.25) is 5.76 Å². The molecule has 3 aromatic rings. The van der Waals surface area contributed by atoms with Crippen LogP contribution in [0.3, 0.4) is 0 Å². The zero-order valence-electron chi connectivity index (χ0n) is 15.3. The SMILES string of the molecule is Cc1cc(C)c2nc(N(Cc3ccccc3)C(=O)C3=COCCO3)sc2c1. The Morgan fingerprint density at radius 1 is 1.19 bits per heavy atom. The molecule has 1 aliphatic rings. The molecule has 1 aromatic heterocycles. The molecule has 0 aliphatic carbocycles. The maximum absolute atomic E-state index is 13.2. The number of nitrogens with zero attached hydrogens (tertiary/aromatic N) is 2. The smallest absolute Gasteiger partial charge is 0.298 e. The number of carbonyl (C=O) groups excluding carboxylic acids is 1. The second-order valence-electron chi connectivity index (χ2n) is 6.50. The minimum Gasteiger partial charge on any atom is -0.494 e. The Kier molecular flexibility index (Phi) is 4.81. The Morgan fingerprint density at radius 3 is 2.74 bits per heavy atom. The molecule has 2 heterocycles. The molecule has 6 heteroatoms. The highest BCUT2D eigenvalue weighted by Crippen LogP contribution is 2.33. The quantitative estimate of drug-likeness (QED) is 0.676. The number of aryl methyl sites for hydroxylation is 2. The van der Waals surface area contributed by atoms with Crippen molar-refractivity contribution in [2.24, 2.45) is 0 Å². The third-order valence-electron chi connectivity index (χ3n) is 4.34. The first kappa shape index (κ1) is 17.5. The number of carbonyl (C=O) groups is 1. The fourth-order valence-corrected chi connectivity index (χ4v) is 4.22. The third kappa shape index (κ3) is 3.66. The molecule has 4 rings (SSSR count). The lowest BCUT2D eigenvalue weighted by atomic mass is 10.1. The van der Waals surface area contributed by atoms with Gasteiger partial charge >= 0.3 is 0 Å². The van der Waals surface area contributed by atoms with Gasteiger partial charge in [-0.15, -0.1) is 0 Å². The maximum Gasteiger partial charge on any atom is 0.298 e. The molecule has 0 spiro atoms. The number of hydrogen-bond donors (Lipinski definition) is 0. The highest BCUT2D eigenvalue weighted by Gasteiger charge is 2.26. The highest BCUT2D eigenvalue weighted by molar-refractivity contribution is 7.22. The van der Waals surface area contributed by atoms with Crippen molar-refractivity contribution in [3.8, 4) is 0 Å². The van der Waals surface area contributed by atoms with Gasteiger partial charge in [0.1, 0.15) is 19.5 Å². The van der Waals surface area contributed by atoms with Gasteiger partial charge in [0.05, 0.1) is 16.8 Å². The second kappa shape index (κ2) is 7.40. The van der Waals surface area contributed by atoms with Crippen molar-refractivity contribution < 1.29 is 14.3 Å². The summed E-state index contributed by atoms with van der Waals surface area (Å²) in [6.45, 7) is 5.35. The molecule has 0 bridgehead atoms. The number of amides is 1. The van der Waals surface area contributed by atoms with Crippen LogP contribution in [0.4, 0.5) is 5.13 Å². The number of ether oxygens (including phenoxy) is 2. The fourth-order valence-electron chi connectivity index (χ4n) is 3.08. The van der Waals surface area contributed by atoms with Crippen LogP contribution in [-0.4, -0.2) is 24.1 Å². The van der Waals surface area contributed by atoms with Gasteiger partial charge in [-0.3, -0.25) is 9.69 Å². The largest absolute Gasteiger partial charge is 0.494 e. The zero-order valence-corrected chi connectivity index (χ0v) is 16.1. The number of anilines is 1. The molecule has 1 amide bonds. The van der Waals surface area contributed by atoms with E-state index in [4.69, 9.17) is 14.5 Å². The van der Waals surface area contributed by atoms with Crippen LogP contribution in [0.5, 0.6) is 0 Å². The molecule has 0 N–H and O–H groups in total. The van der Waals surface area contributed by atoms with Gasteiger partial charge in [0.25, 0.3) is 5.91 Å². The third-order valence-corrected chi connectivity index (χ3v) is 5.36. The van der Waals surface area contributed by atoms with Crippen LogP contribution in [0.15, 0.2) is 54.5 Å². The molecule has 0 saturated carbocycles. The molecule has 0 unspecified atom stereocenters. The Labute approximate surface area is 161 Å². The van der Waals surface area contributed by atoms with E-state index in [0.717, 1.165) is 21.3 Å². The van der Waals surface area contributed by atoms with E-state index in [1.54, 1.807) is 4.90 Å². The zero-order chi connectivity index (χ0) is 18.8. The van der Waals surface area contributed by atoms with Crippen molar-refractivity contribution in [3.05, 3.63) is 71.2 Å². The molecule has 5 nitrogen and oxygen atoms in total. The molecule has 1 aliphatic heterocycles. The Bertz CT molecular complexity index is 1010. The van der Waals surface area contributed by atoms with Gasteiger partial charge < -0.3 is 9.47 Å². The summed E-state index contributed by atoms with van der Waals surface area (Å²) in [5.41, 5.74) is 4.25. The van der Waals surface area contributed by atoms with Gasteiger partial charge in [0.15, 0.2) is 5.13 Å². The average molecular weight is 380 g/mol. The van der Waals surface area contributed by atoms with Crippen LogP contribution in [0.1, 0.15) is 16.7 Å². The summed E-state index contributed by atoms with van der Waals surface area (Å²) in [7, 11) is 0. The highest BCUT2D eigenvalue weighted by atomic mass is 32.1. The van der Waals surface area contributed by atoms with E-state index in [1.165, 1.54) is 23.2 Å². The van der Waals surface area contributed by atoms with Gasteiger partial charge in [-0.25, -0.2) is 4.98 Å². The van der Waals surface area contributed by atoms with Crippen LogP contribution in [0.2, 0.25) is 0 Å². The van der Waals surface area contributed by atoms with Crippen LogP contribution in [0, 0.1) is 13.8 Å². The Morgan fingerprint density at radius 2 is 2.00 bits per heavy atom. The van der Waals surface area contributed by atoms with Crippen molar-refractivity contribution in [3.63, 3.8) is 0 Å². The van der Waals surface area contributed by atoms with Gasteiger partial charge in [-0.2, -0.15) is 0 Å². The number of rotatable bonds is 4. The predicted octanol–water partition coefficient (Wildman–Crippen LogP) is 4.33. The summed E-state index contributed by atoms with van der Waals surface area (Å²) >= 11 is 1.52. The normalized spacial score (nSPS) is 13.6. The number of benzene rings is 2. The van der Waals surface area contributed by atoms with Crippen molar-refractivity contribution in [1.82, 2.24) is 4.98 Å². The predicted molar refractivity (Wildman–Crippen MR) is 107 cm³/mol. The monoisotopic (exact) mass is 380 g/mol. The lowest BCUT2D eigenvalue weighted by Crippen LogP contribution is -2.33. The summed E-state index contributed by atoms with van der Waals surface area (Å²) in [5.74, 6) is -0.0312. The van der Waals surface area contributed by atoms with Gasteiger partial charge in [0, 0.05) is 0 Å². The number of aromatic nitrogens is 1. The van der Waals surface area contributed by atoms with E-state index in [1.807, 2.05) is 37.3 Å². The first-order valence-electron chi connectivity index (χ1n) is 8.80. The summed E-state index contributed by atoms with van der Waals surface area (Å²) in [6.07, 6.45) is 1.40. The molecular weight excluding hydrogens is 360 g/mol. The van der Waals surface area contributed by atoms with E-state index in [0.29, 0.717) is 24.9 Å². The molecule has 0 saturated heterocycles. The van der Waals surface area contributed by atoms with Gasteiger partial charge in [-0.1, -0.05) is 47.7 Å². The van der Waals surface area contributed by atoms with E-state index in [2.05, 4.69) is 19.1 Å². The minimum atomic E-state index is -0.244. The van der Waals surface area contributed by atoms with E-state index >= 15 is 0 Å². The number of hydrogen-bond acceptors (Lipinski definition) is 5. The summed E-state index contributed by atoms with van der Waals surface area (Å²) < 4.78 is 11.9. The maximum atomic E-state index is 13.2. The van der Waals surface area contributed by atoms with Crippen molar-refractivity contribution in [2.75, 3.05) is 18.1 Å². The van der Waals surface area contributed by atoms with Gasteiger partial charge in [-0.05, 0) is 36.6 Å². The Balaban J connectivity index is 1.76. The number of thiazole rings is 1. The molecule has 27 heavy (non-hydrogen) atoms. The van der Waals surface area contributed by atoms with Crippen molar-refractivity contribution in [1.29, 1.82) is 0 Å². The molecule has 0 radical (unpaired) electrons. The first-order chi connectivity index (χ1) is 13.1. The molecule has 138 valence electrons. The van der Waals surface area contributed by atoms with Crippen LogP contribution >= 0.6 is 11.3 Å². The van der Waals surface area contributed by atoms with E-state index < -0.39 is 0 Å². The minimum absolute atomic E-state index is 0.212. The average Bonchev–Trinajstić information content (AvgIpc) is 3.11. The Hall–Kier alpha value is -2.86. The molecule has 0 fully saturated rings. The molecule has 0 atom stereocenters. The summed E-state index contributed by atoms with van der Waals surface area (Å²) in [4.78, 5) is 19.6. The molecular formula is C21H20N2O3S. The summed E-state index contributed by atoms with van der Waals surface area (Å²) in [5, 5.41) is 0.655. The fraction of sp³-hybridized carbons (Fsp3) is 0.238. The topological polar surface area (TPSA) is 51.7 Å². The number of fused-ring (bicyclic) bond motifs is 1. The summed E-state index contributed by atoms with van der Waals surface area (Å²) in [6, 6.07) is 14.1. The van der Waals surface area contributed by atoms with Crippen LogP contribution in [-0.2, 0) is 20.8 Å². The first-order valence-corrected chi connectivity index (χ1v) is 9.61. The van der Waals surface area contributed by atoms with Crippen molar-refractivity contribution in [2.45, 2.75) is 20.4 Å². The molecule has 2 aromatic carbocycles. The van der Waals surface area contributed by atoms with E-state index in [-0.39, 0.29) is 11.7 Å². The van der Waals surface area contributed by atoms with Crippen LogP contribution in [0.25, 0.3) is 10.2 Å². The standard InChI is InChI=1S/C21H20N2O3S/c1-14-10-15(2)19-18(11-14)27-21(22-19)23(12-16-6-4-3-5-7-16)20(24)17-13-25-8-9-26-17/h3-7,10-11,13H,8-9,12H2,1-2H3. The lowest BCUT2D eigenvalue weighted by molar-refractivity contribution is -0.119. The lowest BCUT2D eigenvalue weighted by Gasteiger charge is -2.23. The van der Waals surface area contributed by atoms with E-state index in [9.17, 15) is 4.79 Å². The van der Waals surface area contributed by atoms with Crippen molar-refractivity contribution >= 4 is 32.6 Å².